The second-order valence-corrected chi connectivity index (χ2v) is 4.53. The average molecular weight is 264 g/mol. The summed E-state index contributed by atoms with van der Waals surface area (Å²) >= 11 is 11.6. The fraction of sp³-hybridized carbons (Fsp3) is 0.222. The molecule has 16 heavy (non-hydrogen) atoms. The summed E-state index contributed by atoms with van der Waals surface area (Å²) < 4.78 is -1.81. The summed E-state index contributed by atoms with van der Waals surface area (Å²) in [6, 6.07) is 5.51. The predicted molar refractivity (Wildman–Crippen MR) is 58.7 cm³/mol. The summed E-state index contributed by atoms with van der Waals surface area (Å²) in [4.78, 5) is 20.6. The number of nitro benzene ring substituents is 1. The van der Waals surface area contributed by atoms with Gasteiger partial charge in [-0.1, -0.05) is 35.3 Å². The Morgan fingerprint density at radius 1 is 1.44 bits per heavy atom. The first-order valence-electron chi connectivity index (χ1n) is 4.18. The van der Waals surface area contributed by atoms with Gasteiger partial charge in [0.15, 0.2) is 4.33 Å². The Balaban J connectivity index is 3.21. The number of halogens is 2. The van der Waals surface area contributed by atoms with Crippen molar-refractivity contribution >= 4 is 34.9 Å². The highest BCUT2D eigenvalue weighted by Gasteiger charge is 2.35. The molecule has 0 heterocycles. The molecule has 0 aliphatic heterocycles. The Morgan fingerprint density at radius 3 is 2.50 bits per heavy atom. The van der Waals surface area contributed by atoms with Crippen molar-refractivity contribution in [1.29, 1.82) is 0 Å². The molecule has 0 saturated carbocycles. The van der Waals surface area contributed by atoms with Crippen LogP contribution in [0, 0.1) is 10.1 Å². The van der Waals surface area contributed by atoms with Gasteiger partial charge >= 0.3 is 5.97 Å². The van der Waals surface area contributed by atoms with Crippen molar-refractivity contribution in [1.82, 2.24) is 0 Å². The topological polar surface area (TPSA) is 80.4 Å². The zero-order chi connectivity index (χ0) is 12.3. The van der Waals surface area contributed by atoms with Crippen molar-refractivity contribution in [3.63, 3.8) is 0 Å². The lowest BCUT2D eigenvalue weighted by Crippen LogP contribution is -2.17. The van der Waals surface area contributed by atoms with Crippen molar-refractivity contribution in [3.8, 4) is 0 Å². The van der Waals surface area contributed by atoms with Crippen LogP contribution in [0.15, 0.2) is 24.3 Å². The molecular weight excluding hydrogens is 257 g/mol. The highest BCUT2D eigenvalue weighted by molar-refractivity contribution is 6.49. The maximum Gasteiger partial charge on any atom is 0.306 e. The number of carboxylic acid groups (broad SMARTS) is 1. The number of hydrogen-bond acceptors (Lipinski definition) is 3. The van der Waals surface area contributed by atoms with Gasteiger partial charge in [0.1, 0.15) is 0 Å². The third kappa shape index (κ3) is 2.84. The first kappa shape index (κ1) is 12.7. The summed E-state index contributed by atoms with van der Waals surface area (Å²) in [5, 5.41) is 19.3. The molecule has 0 atom stereocenters. The Morgan fingerprint density at radius 2 is 2.00 bits per heavy atom. The van der Waals surface area contributed by atoms with E-state index in [0.29, 0.717) is 0 Å². The van der Waals surface area contributed by atoms with Gasteiger partial charge in [-0.2, -0.15) is 0 Å². The van der Waals surface area contributed by atoms with Gasteiger partial charge in [0.05, 0.1) is 16.9 Å². The number of alkyl halides is 2. The zero-order valence-corrected chi connectivity index (χ0v) is 9.40. The molecular formula is C9H7Cl2NO4. The van der Waals surface area contributed by atoms with E-state index in [9.17, 15) is 14.9 Å². The Bertz CT molecular complexity index is 433. The summed E-state index contributed by atoms with van der Waals surface area (Å²) in [7, 11) is 0. The molecule has 0 bridgehead atoms. The van der Waals surface area contributed by atoms with Crippen LogP contribution in [0.5, 0.6) is 0 Å². The van der Waals surface area contributed by atoms with Crippen molar-refractivity contribution in [2.75, 3.05) is 0 Å². The molecule has 0 unspecified atom stereocenters. The quantitative estimate of drug-likeness (QED) is 0.515. The van der Waals surface area contributed by atoms with E-state index >= 15 is 0 Å². The van der Waals surface area contributed by atoms with E-state index < -0.39 is 21.6 Å². The molecule has 1 aromatic rings. The average Bonchev–Trinajstić information content (AvgIpc) is 2.15. The molecule has 0 radical (unpaired) electrons. The number of hydrogen-bond donors (Lipinski definition) is 1. The minimum atomic E-state index is -1.81. The van der Waals surface area contributed by atoms with E-state index in [4.69, 9.17) is 28.3 Å². The second kappa shape index (κ2) is 4.67. The monoisotopic (exact) mass is 263 g/mol. The minimum Gasteiger partial charge on any atom is -0.481 e. The molecule has 1 rings (SSSR count). The van der Waals surface area contributed by atoms with Gasteiger partial charge in [0.2, 0.25) is 0 Å². The Labute approximate surface area is 101 Å². The van der Waals surface area contributed by atoms with E-state index in [1.54, 1.807) is 0 Å². The molecule has 86 valence electrons. The number of benzene rings is 1. The van der Waals surface area contributed by atoms with Crippen LogP contribution in [0.1, 0.15) is 12.0 Å². The normalized spacial score (nSPS) is 11.1. The van der Waals surface area contributed by atoms with E-state index in [-0.39, 0.29) is 11.3 Å². The van der Waals surface area contributed by atoms with Crippen molar-refractivity contribution in [3.05, 3.63) is 39.9 Å². The van der Waals surface area contributed by atoms with Gasteiger partial charge in [-0.15, -0.1) is 0 Å². The SMILES string of the molecule is O=C(O)CC(Cl)(Cl)c1ccccc1[N+](=O)[O-]. The zero-order valence-electron chi connectivity index (χ0n) is 7.89. The molecule has 0 aliphatic rings. The number of nitrogens with zero attached hydrogens (tertiary/aromatic N) is 1. The van der Waals surface area contributed by atoms with Gasteiger partial charge in [0, 0.05) is 6.07 Å². The molecule has 5 nitrogen and oxygen atoms in total. The third-order valence-electron chi connectivity index (χ3n) is 1.87. The van der Waals surface area contributed by atoms with Crippen molar-refractivity contribution < 1.29 is 14.8 Å². The lowest BCUT2D eigenvalue weighted by molar-refractivity contribution is -0.385. The summed E-state index contributed by atoms with van der Waals surface area (Å²) in [6.45, 7) is 0. The van der Waals surface area contributed by atoms with Crippen LogP contribution in [0.2, 0.25) is 0 Å². The molecule has 0 fully saturated rings. The molecule has 0 spiro atoms. The van der Waals surface area contributed by atoms with E-state index in [1.165, 1.54) is 24.3 Å². The van der Waals surface area contributed by atoms with Crippen LogP contribution in [-0.2, 0) is 9.13 Å². The van der Waals surface area contributed by atoms with Gasteiger partial charge in [-0.25, -0.2) is 0 Å². The molecule has 0 aliphatic carbocycles. The number of nitro groups is 1. The Kier molecular flexibility index (Phi) is 3.72. The number of rotatable bonds is 4. The third-order valence-corrected chi connectivity index (χ3v) is 2.54. The number of para-hydroxylation sites is 1. The molecule has 7 heteroatoms. The Hall–Kier alpha value is -1.33. The van der Waals surface area contributed by atoms with Crippen LogP contribution in [0.25, 0.3) is 0 Å². The van der Waals surface area contributed by atoms with Crippen LogP contribution < -0.4 is 0 Å². The second-order valence-electron chi connectivity index (χ2n) is 3.05. The van der Waals surface area contributed by atoms with E-state index in [1.807, 2.05) is 0 Å². The van der Waals surface area contributed by atoms with Crippen molar-refractivity contribution in [2.24, 2.45) is 0 Å². The van der Waals surface area contributed by atoms with Gasteiger partial charge < -0.3 is 5.11 Å². The lowest BCUT2D eigenvalue weighted by Gasteiger charge is -2.17. The van der Waals surface area contributed by atoms with E-state index in [2.05, 4.69) is 0 Å². The number of carboxylic acids is 1. The molecule has 0 amide bonds. The molecule has 0 aromatic heterocycles. The predicted octanol–water partition coefficient (Wildman–Crippen LogP) is 2.70. The highest BCUT2D eigenvalue weighted by atomic mass is 35.5. The minimum absolute atomic E-state index is 0.0225. The van der Waals surface area contributed by atoms with Crippen LogP contribution in [-0.4, -0.2) is 16.0 Å². The summed E-state index contributed by atoms with van der Waals surface area (Å²) in [6.07, 6.45) is -0.610. The molecule has 1 N–H and O–H groups in total. The van der Waals surface area contributed by atoms with Crippen molar-refractivity contribution in [2.45, 2.75) is 10.8 Å². The smallest absolute Gasteiger partial charge is 0.306 e. The maximum atomic E-state index is 10.7. The highest BCUT2D eigenvalue weighted by Crippen LogP contribution is 2.41. The summed E-state index contributed by atoms with van der Waals surface area (Å²) in [5.74, 6) is -1.23. The van der Waals surface area contributed by atoms with E-state index in [0.717, 1.165) is 0 Å². The maximum absolute atomic E-state index is 10.7. The van der Waals surface area contributed by atoms with Crippen LogP contribution in [0.3, 0.4) is 0 Å². The van der Waals surface area contributed by atoms with Gasteiger partial charge in [-0.05, 0) is 6.07 Å². The number of carbonyl (C=O) groups is 1. The van der Waals surface area contributed by atoms with Crippen LogP contribution >= 0.6 is 23.2 Å². The first-order chi connectivity index (χ1) is 7.34. The summed E-state index contributed by atoms with van der Waals surface area (Å²) in [5.41, 5.74) is -0.320. The molecule has 0 saturated heterocycles. The fourth-order valence-corrected chi connectivity index (χ4v) is 1.78. The fourth-order valence-electron chi connectivity index (χ4n) is 1.23. The molecule has 1 aromatic carbocycles. The van der Waals surface area contributed by atoms with Crippen LogP contribution in [0.4, 0.5) is 5.69 Å². The van der Waals surface area contributed by atoms with Gasteiger partial charge in [-0.3, -0.25) is 14.9 Å². The largest absolute Gasteiger partial charge is 0.481 e. The lowest BCUT2D eigenvalue weighted by atomic mass is 10.1. The number of aliphatic carboxylic acids is 1. The first-order valence-corrected chi connectivity index (χ1v) is 4.93. The standard InChI is InChI=1S/C9H7Cl2NO4/c10-9(11,5-8(13)14)6-3-1-2-4-7(6)12(15)16/h1-4H,5H2,(H,13,14). The van der Waals surface area contributed by atoms with Gasteiger partial charge in [0.25, 0.3) is 5.69 Å².